The van der Waals surface area contributed by atoms with E-state index in [0.29, 0.717) is 25.9 Å². The molecule has 1 aliphatic heterocycles. The summed E-state index contributed by atoms with van der Waals surface area (Å²) >= 11 is 0. The fraction of sp³-hybridized carbons (Fsp3) is 0.643. The molecule has 1 fully saturated rings. The van der Waals surface area contributed by atoms with Gasteiger partial charge >= 0.3 is 5.97 Å². The van der Waals surface area contributed by atoms with Crippen molar-refractivity contribution in [2.24, 2.45) is 11.8 Å². The predicted octanol–water partition coefficient (Wildman–Crippen LogP) is 0.817. The Morgan fingerprint density at radius 3 is 2.35 bits per heavy atom. The first kappa shape index (κ1) is 14.7. The molecule has 1 unspecified atom stereocenters. The summed E-state index contributed by atoms with van der Waals surface area (Å²) in [5, 5.41) is 9.30. The molecule has 0 bridgehead atoms. The van der Waals surface area contributed by atoms with Gasteiger partial charge < -0.3 is 9.84 Å². The molecule has 2 amide bonds. The first-order valence-electron chi connectivity index (χ1n) is 6.81. The van der Waals surface area contributed by atoms with E-state index in [0.717, 1.165) is 4.90 Å². The second kappa shape index (κ2) is 6.17. The first-order chi connectivity index (χ1) is 9.57. The molecule has 2 aliphatic rings. The molecule has 0 spiro atoms. The fourth-order valence-electron chi connectivity index (χ4n) is 2.92. The van der Waals surface area contributed by atoms with Crippen LogP contribution < -0.4 is 0 Å². The number of aliphatic carboxylic acids is 1. The Morgan fingerprint density at radius 2 is 1.90 bits per heavy atom. The predicted molar refractivity (Wildman–Crippen MR) is 69.7 cm³/mol. The van der Waals surface area contributed by atoms with Crippen LogP contribution in [0, 0.1) is 11.8 Å². The number of carbonyl (C=O) groups is 3. The highest BCUT2D eigenvalue weighted by Gasteiger charge is 2.51. The van der Waals surface area contributed by atoms with Gasteiger partial charge in [0.2, 0.25) is 11.8 Å². The number of methoxy groups -OCH3 is 1. The normalized spacial score (nSPS) is 26.8. The third-order valence-corrected chi connectivity index (χ3v) is 3.96. The Balaban J connectivity index is 2.14. The van der Waals surface area contributed by atoms with Crippen molar-refractivity contribution in [3.8, 4) is 0 Å². The Bertz CT molecular complexity index is 419. The smallest absolute Gasteiger partial charge is 0.326 e. The summed E-state index contributed by atoms with van der Waals surface area (Å²) in [6, 6.07) is -1.07. The number of imide groups is 1. The molecule has 1 saturated heterocycles. The lowest BCUT2D eigenvalue weighted by Gasteiger charge is -2.23. The summed E-state index contributed by atoms with van der Waals surface area (Å²) in [6.45, 7) is 0.411. The lowest BCUT2D eigenvalue weighted by molar-refractivity contribution is -0.155. The van der Waals surface area contributed by atoms with Crippen molar-refractivity contribution in [1.82, 2.24) is 4.90 Å². The van der Waals surface area contributed by atoms with Gasteiger partial charge in [-0.1, -0.05) is 12.2 Å². The zero-order valence-electron chi connectivity index (χ0n) is 11.4. The average Bonchev–Trinajstić information content (AvgIpc) is 2.68. The van der Waals surface area contributed by atoms with Crippen LogP contribution in [0.3, 0.4) is 0 Å². The first-order valence-corrected chi connectivity index (χ1v) is 6.81. The third-order valence-electron chi connectivity index (χ3n) is 3.96. The standard InChI is InChI=1S/C14H19NO5/c1-20-8-4-7-11(14(18)19)15-12(16)9-5-2-3-6-10(9)13(15)17/h2-3,9-11H,4-8H2,1H3,(H,18,19)/t9-,10+,11?. The maximum absolute atomic E-state index is 12.3. The Morgan fingerprint density at radius 1 is 1.35 bits per heavy atom. The van der Waals surface area contributed by atoms with Gasteiger partial charge in [-0.2, -0.15) is 0 Å². The highest BCUT2D eigenvalue weighted by atomic mass is 16.5. The second-order valence-electron chi connectivity index (χ2n) is 5.19. The van der Waals surface area contributed by atoms with E-state index < -0.39 is 12.0 Å². The molecular formula is C14H19NO5. The van der Waals surface area contributed by atoms with Crippen molar-refractivity contribution in [2.45, 2.75) is 31.7 Å². The van der Waals surface area contributed by atoms with Crippen LogP contribution in [-0.2, 0) is 19.1 Å². The Labute approximate surface area is 117 Å². The van der Waals surface area contributed by atoms with Gasteiger partial charge in [-0.3, -0.25) is 14.5 Å². The molecule has 6 heteroatoms. The lowest BCUT2D eigenvalue weighted by atomic mass is 9.85. The summed E-state index contributed by atoms with van der Waals surface area (Å²) in [5.74, 6) is -2.56. The average molecular weight is 281 g/mol. The van der Waals surface area contributed by atoms with Crippen molar-refractivity contribution in [3.63, 3.8) is 0 Å². The highest BCUT2D eigenvalue weighted by molar-refractivity contribution is 6.07. The number of hydrogen-bond donors (Lipinski definition) is 1. The minimum Gasteiger partial charge on any atom is -0.480 e. The summed E-state index contributed by atoms with van der Waals surface area (Å²) in [7, 11) is 1.53. The van der Waals surface area contributed by atoms with Gasteiger partial charge in [0, 0.05) is 13.7 Å². The van der Waals surface area contributed by atoms with Crippen LogP contribution in [0.25, 0.3) is 0 Å². The van der Waals surface area contributed by atoms with Gasteiger partial charge in [-0.15, -0.1) is 0 Å². The Hall–Kier alpha value is -1.69. The molecule has 1 aliphatic carbocycles. The van der Waals surface area contributed by atoms with Crippen LogP contribution in [0.15, 0.2) is 12.2 Å². The second-order valence-corrected chi connectivity index (χ2v) is 5.19. The summed E-state index contributed by atoms with van der Waals surface area (Å²) in [4.78, 5) is 37.0. The van der Waals surface area contributed by atoms with E-state index in [1.165, 1.54) is 7.11 Å². The monoisotopic (exact) mass is 281 g/mol. The number of hydrogen-bond acceptors (Lipinski definition) is 4. The van der Waals surface area contributed by atoms with E-state index in [1.54, 1.807) is 0 Å². The molecule has 0 radical (unpaired) electrons. The molecule has 1 heterocycles. The molecule has 0 saturated carbocycles. The molecular weight excluding hydrogens is 262 g/mol. The molecule has 3 atom stereocenters. The van der Waals surface area contributed by atoms with Crippen molar-refractivity contribution in [3.05, 3.63) is 12.2 Å². The molecule has 20 heavy (non-hydrogen) atoms. The Kier molecular flexibility index (Phi) is 4.54. The highest BCUT2D eigenvalue weighted by Crippen LogP contribution is 2.36. The fourth-order valence-corrected chi connectivity index (χ4v) is 2.92. The van der Waals surface area contributed by atoms with Crippen molar-refractivity contribution >= 4 is 17.8 Å². The van der Waals surface area contributed by atoms with Crippen LogP contribution >= 0.6 is 0 Å². The zero-order chi connectivity index (χ0) is 14.7. The summed E-state index contributed by atoms with van der Waals surface area (Å²) < 4.78 is 4.89. The number of nitrogens with zero attached hydrogens (tertiary/aromatic N) is 1. The maximum Gasteiger partial charge on any atom is 0.326 e. The largest absolute Gasteiger partial charge is 0.480 e. The van der Waals surface area contributed by atoms with Crippen LogP contribution in [0.2, 0.25) is 0 Å². The van der Waals surface area contributed by atoms with Gasteiger partial charge in [0.1, 0.15) is 6.04 Å². The third kappa shape index (κ3) is 2.60. The molecule has 0 aromatic heterocycles. The van der Waals surface area contributed by atoms with E-state index in [9.17, 15) is 19.5 Å². The quantitative estimate of drug-likeness (QED) is 0.442. The topological polar surface area (TPSA) is 83.9 Å². The maximum atomic E-state index is 12.3. The SMILES string of the molecule is COCCCC(C(=O)O)N1C(=O)[C@H]2CC=CC[C@H]2C1=O. The van der Waals surface area contributed by atoms with E-state index in [-0.39, 0.29) is 30.1 Å². The number of carboxylic acids is 1. The van der Waals surface area contributed by atoms with Crippen molar-refractivity contribution < 1.29 is 24.2 Å². The molecule has 2 rings (SSSR count). The number of allylic oxidation sites excluding steroid dienone is 2. The van der Waals surface area contributed by atoms with Gasteiger partial charge in [0.25, 0.3) is 0 Å². The van der Waals surface area contributed by atoms with Gasteiger partial charge in [0.15, 0.2) is 0 Å². The van der Waals surface area contributed by atoms with Crippen LogP contribution in [0.5, 0.6) is 0 Å². The van der Waals surface area contributed by atoms with E-state index >= 15 is 0 Å². The number of amides is 2. The summed E-state index contributed by atoms with van der Waals surface area (Å²) in [6.07, 6.45) is 5.55. The number of carbonyl (C=O) groups excluding carboxylic acids is 2. The van der Waals surface area contributed by atoms with Gasteiger partial charge in [0.05, 0.1) is 11.8 Å². The molecule has 110 valence electrons. The van der Waals surface area contributed by atoms with Crippen LogP contribution in [-0.4, -0.2) is 47.5 Å². The van der Waals surface area contributed by atoms with E-state index in [2.05, 4.69) is 0 Å². The van der Waals surface area contributed by atoms with Gasteiger partial charge in [-0.05, 0) is 25.7 Å². The number of ether oxygens (including phenoxy) is 1. The minimum atomic E-state index is -1.13. The van der Waals surface area contributed by atoms with Crippen molar-refractivity contribution in [1.29, 1.82) is 0 Å². The minimum absolute atomic E-state index is 0.230. The van der Waals surface area contributed by atoms with Crippen LogP contribution in [0.1, 0.15) is 25.7 Å². The van der Waals surface area contributed by atoms with E-state index in [1.807, 2.05) is 12.2 Å². The van der Waals surface area contributed by atoms with Gasteiger partial charge in [-0.25, -0.2) is 4.79 Å². The molecule has 0 aromatic rings. The summed E-state index contributed by atoms with van der Waals surface area (Å²) in [5.41, 5.74) is 0. The molecule has 6 nitrogen and oxygen atoms in total. The van der Waals surface area contributed by atoms with E-state index in [4.69, 9.17) is 4.74 Å². The number of fused-ring (bicyclic) bond motifs is 1. The number of likely N-dealkylation sites (tertiary alicyclic amines) is 1. The lowest BCUT2D eigenvalue weighted by Crippen LogP contribution is -2.45. The molecule has 1 N–H and O–H groups in total. The number of carboxylic acid groups (broad SMARTS) is 1. The van der Waals surface area contributed by atoms with Crippen molar-refractivity contribution in [2.75, 3.05) is 13.7 Å². The molecule has 0 aromatic carbocycles. The zero-order valence-corrected chi connectivity index (χ0v) is 11.4. The number of rotatable bonds is 6. The van der Waals surface area contributed by atoms with Crippen LogP contribution in [0.4, 0.5) is 0 Å².